The molecule has 1 aliphatic rings. The van der Waals surface area contributed by atoms with Gasteiger partial charge in [-0.05, 0) is 37.3 Å². The summed E-state index contributed by atoms with van der Waals surface area (Å²) in [6.07, 6.45) is 7.58. The van der Waals surface area contributed by atoms with Crippen LogP contribution in [-0.2, 0) is 4.79 Å². The van der Waals surface area contributed by atoms with Crippen LogP contribution < -0.4 is 14.8 Å². The molecule has 0 aliphatic carbocycles. The average molecular weight is 462 g/mol. The summed E-state index contributed by atoms with van der Waals surface area (Å²) in [5, 5.41) is 13.9. The van der Waals surface area contributed by atoms with E-state index >= 15 is 0 Å². The Labute approximate surface area is 200 Å². The molecule has 0 bridgehead atoms. The normalized spacial score (nSPS) is 14.6. The van der Waals surface area contributed by atoms with Gasteiger partial charge in [-0.15, -0.1) is 6.42 Å². The maximum Gasteiger partial charge on any atom is 0.251 e. The summed E-state index contributed by atoms with van der Waals surface area (Å²) < 4.78 is 11.9. The van der Waals surface area contributed by atoms with Gasteiger partial charge in [0, 0.05) is 60.5 Å². The number of fused-ring (bicyclic) bond motifs is 1. The van der Waals surface area contributed by atoms with Crippen LogP contribution in [0.5, 0.6) is 11.5 Å². The Morgan fingerprint density at radius 3 is 2.68 bits per heavy atom. The number of aliphatic hydroxyl groups is 1. The lowest BCUT2D eigenvalue weighted by Crippen LogP contribution is -2.45. The first-order valence-corrected chi connectivity index (χ1v) is 10.9. The van der Waals surface area contributed by atoms with Crippen molar-refractivity contribution in [1.82, 2.24) is 9.88 Å². The Balaban J connectivity index is 0.00000324. The number of aliphatic hydroxyl groups excluding tert-OH is 1. The molecular weight excluding hydrogens is 430 g/mol. The first-order chi connectivity index (χ1) is 16.0. The van der Waals surface area contributed by atoms with E-state index in [1.807, 2.05) is 42.5 Å². The van der Waals surface area contributed by atoms with E-state index in [1.54, 1.807) is 18.2 Å². The van der Waals surface area contributed by atoms with Crippen molar-refractivity contribution < 1.29 is 19.4 Å². The van der Waals surface area contributed by atoms with Gasteiger partial charge in [-0.3, -0.25) is 9.78 Å². The van der Waals surface area contributed by atoms with Crippen LogP contribution in [0.3, 0.4) is 0 Å². The zero-order valence-corrected chi connectivity index (χ0v) is 18.7. The average Bonchev–Trinajstić information content (AvgIpc) is 2.84. The van der Waals surface area contributed by atoms with Crippen molar-refractivity contribution in [3.05, 3.63) is 54.2 Å². The third-order valence-corrected chi connectivity index (χ3v) is 5.74. The summed E-state index contributed by atoms with van der Waals surface area (Å²) in [7, 11) is 1.60. The van der Waals surface area contributed by atoms with Crippen LogP contribution in [0.4, 0.5) is 11.4 Å². The van der Waals surface area contributed by atoms with Gasteiger partial charge >= 0.3 is 0 Å². The Morgan fingerprint density at radius 2 is 2.00 bits per heavy atom. The Bertz CT molecular complexity index is 1190. The van der Waals surface area contributed by atoms with E-state index in [1.165, 1.54) is 6.92 Å². The van der Waals surface area contributed by atoms with Crippen LogP contribution in [-0.4, -0.2) is 53.3 Å². The molecule has 1 aliphatic heterocycles. The van der Waals surface area contributed by atoms with Crippen molar-refractivity contribution in [3.8, 4) is 23.8 Å². The molecule has 2 heterocycles. The molecule has 0 radical (unpaired) electrons. The van der Waals surface area contributed by atoms with E-state index in [-0.39, 0.29) is 19.4 Å². The van der Waals surface area contributed by atoms with E-state index in [2.05, 4.69) is 16.2 Å². The highest BCUT2D eigenvalue weighted by Gasteiger charge is 2.26. The number of nitrogens with zero attached hydrogens (tertiary/aromatic N) is 2. The van der Waals surface area contributed by atoms with Crippen molar-refractivity contribution in [3.63, 3.8) is 0 Å². The number of carbonyl (C=O) groups is 1. The molecule has 1 unspecified atom stereocenters. The Kier molecular flexibility index (Phi) is 7.98. The van der Waals surface area contributed by atoms with Gasteiger partial charge in [0.05, 0.1) is 12.6 Å². The van der Waals surface area contributed by atoms with Crippen molar-refractivity contribution in [2.75, 3.05) is 25.5 Å². The minimum atomic E-state index is -0.984. The number of likely N-dealkylation sites (tertiary alicyclic amines) is 1. The summed E-state index contributed by atoms with van der Waals surface area (Å²) in [6, 6.07) is 13.4. The molecule has 3 aromatic rings. The first kappa shape index (κ1) is 24.9. The number of nitrogens with one attached hydrogen (secondary N) is 1. The number of hydrogen-bond donors (Lipinski definition) is 2. The van der Waals surface area contributed by atoms with Crippen LogP contribution in [0, 0.1) is 12.3 Å². The fraction of sp³-hybridized carbons (Fsp3) is 0.333. The van der Waals surface area contributed by atoms with Crippen LogP contribution in [0.2, 0.25) is 0 Å². The second-order valence-electron chi connectivity index (χ2n) is 8.05. The molecule has 2 N–H and O–H groups in total. The van der Waals surface area contributed by atoms with Gasteiger partial charge in [0.2, 0.25) is 0 Å². The minimum absolute atomic E-state index is 0. The quantitative estimate of drug-likeness (QED) is 0.531. The zero-order valence-electron chi connectivity index (χ0n) is 18.7. The van der Waals surface area contributed by atoms with E-state index in [4.69, 9.17) is 15.9 Å². The van der Waals surface area contributed by atoms with Crippen molar-refractivity contribution in [2.24, 2.45) is 0 Å². The summed E-state index contributed by atoms with van der Waals surface area (Å²) in [6.45, 7) is 2.58. The van der Waals surface area contributed by atoms with Gasteiger partial charge in [-0.2, -0.15) is 0 Å². The highest BCUT2D eigenvalue weighted by molar-refractivity contribution is 5.95. The van der Waals surface area contributed by atoms with Crippen molar-refractivity contribution >= 4 is 28.2 Å². The summed E-state index contributed by atoms with van der Waals surface area (Å²) >= 11 is 0. The fourth-order valence-corrected chi connectivity index (χ4v) is 3.99. The molecule has 2 aromatic carbocycles. The number of methoxy groups -OCH3 is 1. The van der Waals surface area contributed by atoms with Crippen LogP contribution in [0.1, 0.15) is 32.8 Å². The number of amides is 1. The molecule has 178 valence electrons. The molecule has 34 heavy (non-hydrogen) atoms. The molecule has 1 saturated heterocycles. The minimum Gasteiger partial charge on any atom is -0.493 e. The van der Waals surface area contributed by atoms with Crippen LogP contribution in [0.15, 0.2) is 48.7 Å². The van der Waals surface area contributed by atoms with Crippen molar-refractivity contribution in [2.45, 2.75) is 39.4 Å². The zero-order chi connectivity index (χ0) is 23.4. The number of carbonyl (C=O) groups excluding carboxylic acids is 1. The monoisotopic (exact) mass is 461 g/mol. The highest BCUT2D eigenvalue weighted by Crippen LogP contribution is 2.37. The van der Waals surface area contributed by atoms with Gasteiger partial charge < -0.3 is 24.8 Å². The van der Waals surface area contributed by atoms with E-state index in [0.717, 1.165) is 27.8 Å². The number of rotatable bonds is 6. The van der Waals surface area contributed by atoms with Gasteiger partial charge in [-0.25, -0.2) is 0 Å². The number of pyridine rings is 1. The molecule has 1 fully saturated rings. The van der Waals surface area contributed by atoms with Crippen molar-refractivity contribution in [1.29, 1.82) is 0 Å². The lowest BCUT2D eigenvalue weighted by Gasteiger charge is -2.33. The van der Waals surface area contributed by atoms with Crippen LogP contribution in [0.25, 0.3) is 10.9 Å². The maximum absolute atomic E-state index is 12.0. The number of piperidine rings is 1. The van der Waals surface area contributed by atoms with E-state index in [0.29, 0.717) is 37.4 Å². The molecule has 7 heteroatoms. The number of benzene rings is 2. The first-order valence-electron chi connectivity index (χ1n) is 10.9. The number of ether oxygens (including phenoxy) is 2. The van der Waals surface area contributed by atoms with E-state index in [9.17, 15) is 9.90 Å². The molecule has 0 saturated carbocycles. The molecule has 1 amide bonds. The second-order valence-corrected chi connectivity index (χ2v) is 8.05. The van der Waals surface area contributed by atoms with Gasteiger partial charge in [0.15, 0.2) is 11.5 Å². The van der Waals surface area contributed by atoms with Gasteiger partial charge in [0.1, 0.15) is 12.2 Å². The SMILES string of the molecule is C.C#Cc1cccc(Nc2ccnc3cc(OC)c(OC4CCN(C(=O)C(C)O)CC4)cc23)c1. The third-order valence-electron chi connectivity index (χ3n) is 5.74. The topological polar surface area (TPSA) is 83.9 Å². The molecular formula is C27H31N3O4. The predicted octanol–water partition coefficient (Wildman–Crippen LogP) is 4.36. The Hall–Kier alpha value is -3.76. The summed E-state index contributed by atoms with van der Waals surface area (Å²) in [5.41, 5.74) is 3.32. The van der Waals surface area contributed by atoms with Gasteiger partial charge in [0.25, 0.3) is 5.91 Å². The lowest BCUT2D eigenvalue weighted by atomic mass is 10.1. The molecule has 4 rings (SSSR count). The molecule has 1 atom stereocenters. The number of anilines is 2. The second kappa shape index (κ2) is 10.9. The molecule has 0 spiro atoms. The Morgan fingerprint density at radius 1 is 1.24 bits per heavy atom. The standard InChI is InChI=1S/C26H27N3O4.CH4/c1-4-18-6-5-7-19(14-18)28-22-8-11-27-23-16-24(32-3)25(15-21(22)23)33-20-9-12-29(13-10-20)26(31)17(2)30;/h1,5-8,11,14-17,20,30H,9-10,12-13H2,2-3H3,(H,27,28);1H4. The highest BCUT2D eigenvalue weighted by atomic mass is 16.5. The predicted molar refractivity (Wildman–Crippen MR) is 135 cm³/mol. The molecule has 1 aromatic heterocycles. The third kappa shape index (κ3) is 5.41. The molecule has 7 nitrogen and oxygen atoms in total. The smallest absolute Gasteiger partial charge is 0.251 e. The lowest BCUT2D eigenvalue weighted by molar-refractivity contribution is -0.141. The summed E-state index contributed by atoms with van der Waals surface area (Å²) in [4.78, 5) is 18.2. The van der Waals surface area contributed by atoms with Crippen LogP contribution >= 0.6 is 0 Å². The largest absolute Gasteiger partial charge is 0.493 e. The van der Waals surface area contributed by atoms with Gasteiger partial charge in [-0.1, -0.05) is 19.4 Å². The van der Waals surface area contributed by atoms with E-state index < -0.39 is 6.10 Å². The number of terminal acetylenes is 1. The fourth-order valence-electron chi connectivity index (χ4n) is 3.99. The maximum atomic E-state index is 12.0. The number of aromatic nitrogens is 1. The summed E-state index contributed by atoms with van der Waals surface area (Å²) in [5.74, 6) is 3.63. The number of hydrogen-bond acceptors (Lipinski definition) is 6.